The van der Waals surface area contributed by atoms with E-state index in [1.165, 1.54) is 30.3 Å². The van der Waals surface area contributed by atoms with E-state index in [4.69, 9.17) is 9.15 Å². The number of benzene rings is 2. The predicted molar refractivity (Wildman–Crippen MR) is 105 cm³/mol. The first-order chi connectivity index (χ1) is 13.5. The zero-order valence-electron chi connectivity index (χ0n) is 15.6. The average Bonchev–Trinajstić information content (AvgIpc) is 2.66. The molecule has 6 heteroatoms. The normalized spacial score (nSPS) is 10.9. The van der Waals surface area contributed by atoms with Crippen LogP contribution in [0, 0.1) is 0 Å². The highest BCUT2D eigenvalue weighted by Crippen LogP contribution is 2.28. The SMILES string of the molecule is CCOC(=O)CCCCc1oc2cc(O)ccc2c(=O)c1-c1ccc(O)cc1. The van der Waals surface area contributed by atoms with Crippen molar-refractivity contribution in [2.75, 3.05) is 6.61 Å². The van der Waals surface area contributed by atoms with Crippen molar-refractivity contribution in [2.45, 2.75) is 32.6 Å². The number of esters is 1. The molecule has 1 heterocycles. The summed E-state index contributed by atoms with van der Waals surface area (Å²) in [5, 5.41) is 19.6. The lowest BCUT2D eigenvalue weighted by Crippen LogP contribution is -2.09. The van der Waals surface area contributed by atoms with E-state index in [0.717, 1.165) is 0 Å². The van der Waals surface area contributed by atoms with E-state index >= 15 is 0 Å². The molecule has 0 aliphatic heterocycles. The van der Waals surface area contributed by atoms with E-state index in [0.29, 0.717) is 60.1 Å². The highest BCUT2D eigenvalue weighted by Gasteiger charge is 2.17. The van der Waals surface area contributed by atoms with Gasteiger partial charge in [0.15, 0.2) is 0 Å². The Morgan fingerprint density at radius 2 is 1.75 bits per heavy atom. The van der Waals surface area contributed by atoms with Crippen molar-refractivity contribution in [2.24, 2.45) is 0 Å². The highest BCUT2D eigenvalue weighted by molar-refractivity contribution is 5.83. The van der Waals surface area contributed by atoms with Crippen LogP contribution >= 0.6 is 0 Å². The Morgan fingerprint density at radius 1 is 1.04 bits per heavy atom. The van der Waals surface area contributed by atoms with Gasteiger partial charge >= 0.3 is 5.97 Å². The van der Waals surface area contributed by atoms with Crippen molar-refractivity contribution in [1.82, 2.24) is 0 Å². The predicted octanol–water partition coefficient (Wildman–Crippen LogP) is 4.15. The third-order valence-corrected chi connectivity index (χ3v) is 4.44. The fraction of sp³-hybridized carbons (Fsp3) is 0.273. The van der Waals surface area contributed by atoms with Gasteiger partial charge in [-0.3, -0.25) is 9.59 Å². The van der Waals surface area contributed by atoms with E-state index in [2.05, 4.69) is 0 Å². The molecule has 0 fully saturated rings. The number of ether oxygens (including phenoxy) is 1. The van der Waals surface area contributed by atoms with Gasteiger partial charge in [0, 0.05) is 18.9 Å². The number of phenolic OH excluding ortho intramolecular Hbond substituents is 2. The molecule has 6 nitrogen and oxygen atoms in total. The van der Waals surface area contributed by atoms with Crippen molar-refractivity contribution in [3.05, 3.63) is 58.4 Å². The van der Waals surface area contributed by atoms with E-state index in [-0.39, 0.29) is 22.9 Å². The summed E-state index contributed by atoms with van der Waals surface area (Å²) < 4.78 is 10.9. The molecule has 0 atom stereocenters. The van der Waals surface area contributed by atoms with Crippen molar-refractivity contribution in [3.8, 4) is 22.6 Å². The minimum Gasteiger partial charge on any atom is -0.508 e. The van der Waals surface area contributed by atoms with Gasteiger partial charge < -0.3 is 19.4 Å². The molecule has 0 saturated heterocycles. The Balaban J connectivity index is 1.96. The number of phenols is 2. The Hall–Kier alpha value is -3.28. The summed E-state index contributed by atoms with van der Waals surface area (Å²) in [6.45, 7) is 2.12. The molecule has 0 aliphatic carbocycles. The van der Waals surface area contributed by atoms with Crippen LogP contribution in [0.3, 0.4) is 0 Å². The van der Waals surface area contributed by atoms with E-state index < -0.39 is 0 Å². The first kappa shape index (κ1) is 19.5. The van der Waals surface area contributed by atoms with Crippen LogP contribution in [0.25, 0.3) is 22.1 Å². The van der Waals surface area contributed by atoms with Crippen molar-refractivity contribution < 1.29 is 24.2 Å². The lowest BCUT2D eigenvalue weighted by molar-refractivity contribution is -0.143. The number of hydrogen-bond donors (Lipinski definition) is 2. The molecule has 146 valence electrons. The molecule has 1 aromatic heterocycles. The number of carbonyl (C=O) groups is 1. The van der Waals surface area contributed by atoms with Gasteiger partial charge in [-0.1, -0.05) is 12.1 Å². The van der Waals surface area contributed by atoms with Crippen LogP contribution in [0.15, 0.2) is 51.7 Å². The standard InChI is InChI=1S/C22H22O6/c1-2-27-20(25)6-4-3-5-18-21(14-7-9-15(23)10-8-14)22(26)17-12-11-16(24)13-19(17)28-18/h7-13,23-24H,2-6H2,1H3. The molecule has 3 aromatic rings. The fourth-order valence-corrected chi connectivity index (χ4v) is 3.11. The van der Waals surface area contributed by atoms with Gasteiger partial charge in [0.2, 0.25) is 5.43 Å². The second-order valence-electron chi connectivity index (χ2n) is 6.47. The Morgan fingerprint density at radius 3 is 2.46 bits per heavy atom. The molecule has 0 bridgehead atoms. The first-order valence-electron chi connectivity index (χ1n) is 9.23. The zero-order chi connectivity index (χ0) is 20.1. The summed E-state index contributed by atoms with van der Waals surface area (Å²) in [6.07, 6.45) is 2.00. The van der Waals surface area contributed by atoms with Crippen molar-refractivity contribution >= 4 is 16.9 Å². The molecule has 2 N–H and O–H groups in total. The van der Waals surface area contributed by atoms with Gasteiger partial charge in [-0.2, -0.15) is 0 Å². The summed E-state index contributed by atoms with van der Waals surface area (Å²) in [5.41, 5.74) is 1.18. The highest BCUT2D eigenvalue weighted by atomic mass is 16.5. The number of rotatable bonds is 7. The van der Waals surface area contributed by atoms with Gasteiger partial charge in [-0.15, -0.1) is 0 Å². The number of unbranched alkanes of at least 4 members (excludes halogenated alkanes) is 1. The first-order valence-corrected chi connectivity index (χ1v) is 9.23. The van der Waals surface area contributed by atoms with Gasteiger partial charge in [-0.25, -0.2) is 0 Å². The lowest BCUT2D eigenvalue weighted by Gasteiger charge is -2.11. The molecule has 2 aromatic carbocycles. The molecule has 0 aliphatic rings. The Labute approximate surface area is 162 Å². The van der Waals surface area contributed by atoms with Crippen LogP contribution < -0.4 is 5.43 Å². The smallest absolute Gasteiger partial charge is 0.305 e. The monoisotopic (exact) mass is 382 g/mol. The molecule has 0 saturated carbocycles. The third-order valence-electron chi connectivity index (χ3n) is 4.44. The van der Waals surface area contributed by atoms with Crippen LogP contribution in [0.4, 0.5) is 0 Å². The van der Waals surface area contributed by atoms with Crippen molar-refractivity contribution in [3.63, 3.8) is 0 Å². The minimum absolute atomic E-state index is 0.0151. The minimum atomic E-state index is -0.244. The van der Waals surface area contributed by atoms with Gasteiger partial charge in [0.1, 0.15) is 22.8 Å². The van der Waals surface area contributed by atoms with E-state index in [1.807, 2.05) is 0 Å². The largest absolute Gasteiger partial charge is 0.508 e. The second-order valence-corrected chi connectivity index (χ2v) is 6.47. The zero-order valence-corrected chi connectivity index (χ0v) is 15.6. The van der Waals surface area contributed by atoms with Crippen LogP contribution in [0.5, 0.6) is 11.5 Å². The summed E-state index contributed by atoms with van der Waals surface area (Å²) in [5.74, 6) is 0.361. The average molecular weight is 382 g/mol. The molecule has 0 spiro atoms. The summed E-state index contributed by atoms with van der Waals surface area (Å²) in [6, 6.07) is 10.7. The molecule has 0 amide bonds. The Bertz CT molecular complexity index is 1030. The Kier molecular flexibility index (Phi) is 5.99. The maximum absolute atomic E-state index is 13.1. The van der Waals surface area contributed by atoms with Crippen LogP contribution in [0.2, 0.25) is 0 Å². The number of fused-ring (bicyclic) bond motifs is 1. The summed E-state index contributed by atoms with van der Waals surface area (Å²) in [7, 11) is 0. The number of aromatic hydroxyl groups is 2. The number of hydrogen-bond acceptors (Lipinski definition) is 6. The number of carbonyl (C=O) groups excluding carboxylic acids is 1. The number of aryl methyl sites for hydroxylation is 1. The van der Waals surface area contributed by atoms with Crippen LogP contribution in [-0.4, -0.2) is 22.8 Å². The summed E-state index contributed by atoms with van der Waals surface area (Å²) in [4.78, 5) is 24.6. The molecule has 0 radical (unpaired) electrons. The lowest BCUT2D eigenvalue weighted by atomic mass is 9.99. The van der Waals surface area contributed by atoms with E-state index in [1.54, 1.807) is 19.1 Å². The quantitative estimate of drug-likeness (QED) is 0.471. The fourth-order valence-electron chi connectivity index (χ4n) is 3.11. The molecule has 28 heavy (non-hydrogen) atoms. The topological polar surface area (TPSA) is 97.0 Å². The van der Waals surface area contributed by atoms with Crippen LogP contribution in [-0.2, 0) is 16.0 Å². The van der Waals surface area contributed by atoms with E-state index in [9.17, 15) is 19.8 Å². The van der Waals surface area contributed by atoms with Crippen LogP contribution in [0.1, 0.15) is 31.9 Å². The third kappa shape index (κ3) is 4.34. The van der Waals surface area contributed by atoms with Crippen molar-refractivity contribution in [1.29, 1.82) is 0 Å². The molecular formula is C22H22O6. The molecular weight excluding hydrogens is 360 g/mol. The molecule has 3 rings (SSSR count). The van der Waals surface area contributed by atoms with Gasteiger partial charge in [-0.05, 0) is 49.6 Å². The van der Waals surface area contributed by atoms with Gasteiger partial charge in [0.05, 0.1) is 17.6 Å². The summed E-state index contributed by atoms with van der Waals surface area (Å²) >= 11 is 0. The maximum atomic E-state index is 13.1. The van der Waals surface area contributed by atoms with Gasteiger partial charge in [0.25, 0.3) is 0 Å². The maximum Gasteiger partial charge on any atom is 0.305 e. The second kappa shape index (κ2) is 8.61. The molecule has 0 unspecified atom stereocenters.